The number of nitrogens with one attached hydrogen (secondary N) is 1. The first-order chi connectivity index (χ1) is 15.2. The van der Waals surface area contributed by atoms with Gasteiger partial charge in [0.2, 0.25) is 5.91 Å². The van der Waals surface area contributed by atoms with Gasteiger partial charge in [-0.1, -0.05) is 43.2 Å². The number of carbonyl (C=O) groups excluding carboxylic acids is 1. The molecule has 0 spiro atoms. The molecular formula is C23H26F3N5O. The van der Waals surface area contributed by atoms with Crippen LogP contribution < -0.4 is 5.32 Å². The van der Waals surface area contributed by atoms with E-state index in [1.807, 2.05) is 30.3 Å². The predicted molar refractivity (Wildman–Crippen MR) is 113 cm³/mol. The lowest BCUT2D eigenvalue weighted by atomic mass is 9.91. The van der Waals surface area contributed by atoms with Gasteiger partial charge in [0.25, 0.3) is 11.6 Å². The number of aryl methyl sites for hydroxylation is 2. The number of carbonyl (C=O) groups is 1. The predicted octanol–water partition coefficient (Wildman–Crippen LogP) is 4.74. The van der Waals surface area contributed by atoms with Gasteiger partial charge in [-0.2, -0.15) is 18.2 Å². The minimum absolute atomic E-state index is 0.0290. The first kappa shape index (κ1) is 22.2. The third-order valence-electron chi connectivity index (χ3n) is 6.25. The van der Waals surface area contributed by atoms with Crippen molar-refractivity contribution in [1.29, 1.82) is 0 Å². The summed E-state index contributed by atoms with van der Waals surface area (Å²) in [5, 5.41) is 6.77. The number of rotatable bonds is 6. The third-order valence-corrected chi connectivity index (χ3v) is 6.25. The highest BCUT2D eigenvalue weighted by molar-refractivity contribution is 5.76. The molecule has 6 nitrogen and oxygen atoms in total. The summed E-state index contributed by atoms with van der Waals surface area (Å²) < 4.78 is 40.1. The first-order valence-corrected chi connectivity index (χ1v) is 10.9. The Kier molecular flexibility index (Phi) is 6.17. The van der Waals surface area contributed by atoms with Gasteiger partial charge in [-0.25, -0.2) is 9.50 Å². The highest BCUT2D eigenvalue weighted by Gasteiger charge is 2.37. The standard InChI is InChI=1S/C23H26F3N5O/c1-14-18(15(2)31-22(27-14)29-21(30-31)23(24,25)26)12-13-19(32)28-20(17-10-6-7-11-17)16-8-4-3-5-9-16/h3-5,8-9,17,20H,6-7,10-13H2,1-2H3,(H,28,32). The highest BCUT2D eigenvalue weighted by Crippen LogP contribution is 2.35. The van der Waals surface area contributed by atoms with E-state index in [2.05, 4.69) is 20.4 Å². The fourth-order valence-corrected chi connectivity index (χ4v) is 4.60. The van der Waals surface area contributed by atoms with Crippen LogP contribution in [0.15, 0.2) is 30.3 Å². The minimum Gasteiger partial charge on any atom is -0.349 e. The fourth-order valence-electron chi connectivity index (χ4n) is 4.60. The number of halogens is 3. The van der Waals surface area contributed by atoms with Crippen LogP contribution >= 0.6 is 0 Å². The van der Waals surface area contributed by atoms with Crippen LogP contribution in [-0.2, 0) is 17.4 Å². The van der Waals surface area contributed by atoms with Gasteiger partial charge in [-0.05, 0) is 50.2 Å². The molecule has 1 fully saturated rings. The van der Waals surface area contributed by atoms with E-state index in [4.69, 9.17) is 0 Å². The Morgan fingerprint density at radius 2 is 1.84 bits per heavy atom. The number of aromatic nitrogens is 4. The molecule has 1 atom stereocenters. The van der Waals surface area contributed by atoms with Gasteiger partial charge >= 0.3 is 6.18 Å². The Bertz CT molecular complexity index is 1100. The highest BCUT2D eigenvalue weighted by atomic mass is 19.4. The first-order valence-electron chi connectivity index (χ1n) is 10.9. The van der Waals surface area contributed by atoms with Crippen LogP contribution in [0.1, 0.15) is 66.5 Å². The lowest BCUT2D eigenvalue weighted by molar-refractivity contribution is -0.144. The van der Waals surface area contributed by atoms with Gasteiger partial charge in [-0.3, -0.25) is 4.79 Å². The molecule has 32 heavy (non-hydrogen) atoms. The van der Waals surface area contributed by atoms with Crippen LogP contribution in [0.25, 0.3) is 5.78 Å². The fraction of sp³-hybridized carbons (Fsp3) is 0.478. The molecule has 1 N–H and O–H groups in total. The second-order valence-electron chi connectivity index (χ2n) is 8.41. The van der Waals surface area contributed by atoms with Crippen LogP contribution in [-0.4, -0.2) is 25.5 Å². The Hall–Kier alpha value is -2.97. The molecule has 4 rings (SSSR count). The van der Waals surface area contributed by atoms with Crippen LogP contribution in [0, 0.1) is 19.8 Å². The third kappa shape index (κ3) is 4.61. The van der Waals surface area contributed by atoms with Gasteiger partial charge in [-0.15, -0.1) is 5.10 Å². The second kappa shape index (κ2) is 8.88. The molecule has 1 aliphatic carbocycles. The molecule has 1 aromatic carbocycles. The van der Waals surface area contributed by atoms with Crippen molar-refractivity contribution < 1.29 is 18.0 Å². The monoisotopic (exact) mass is 445 g/mol. The van der Waals surface area contributed by atoms with Gasteiger partial charge in [0, 0.05) is 17.8 Å². The normalized spacial score (nSPS) is 15.9. The number of alkyl halides is 3. The van der Waals surface area contributed by atoms with Crippen LogP contribution in [0.2, 0.25) is 0 Å². The van der Waals surface area contributed by atoms with E-state index in [1.165, 1.54) is 12.8 Å². The Morgan fingerprint density at radius 3 is 2.50 bits per heavy atom. The zero-order valence-corrected chi connectivity index (χ0v) is 18.1. The summed E-state index contributed by atoms with van der Waals surface area (Å²) in [6.07, 6.45) is 0.461. The smallest absolute Gasteiger partial charge is 0.349 e. The summed E-state index contributed by atoms with van der Waals surface area (Å²) in [5.74, 6) is -0.978. The average molecular weight is 445 g/mol. The maximum atomic E-state index is 13.0. The lowest BCUT2D eigenvalue weighted by Crippen LogP contribution is -2.33. The Balaban J connectivity index is 1.50. The quantitative estimate of drug-likeness (QED) is 0.595. The summed E-state index contributed by atoms with van der Waals surface area (Å²) in [6, 6.07) is 9.96. The van der Waals surface area contributed by atoms with Crippen molar-refractivity contribution >= 4 is 11.7 Å². The number of hydrogen-bond donors (Lipinski definition) is 1. The van der Waals surface area contributed by atoms with Gasteiger partial charge in [0.1, 0.15) is 0 Å². The topological polar surface area (TPSA) is 72.2 Å². The van der Waals surface area contributed by atoms with Crippen LogP contribution in [0.5, 0.6) is 0 Å². The number of hydrogen-bond acceptors (Lipinski definition) is 4. The lowest BCUT2D eigenvalue weighted by Gasteiger charge is -2.25. The zero-order valence-electron chi connectivity index (χ0n) is 18.1. The second-order valence-corrected chi connectivity index (χ2v) is 8.41. The van der Waals surface area contributed by atoms with Gasteiger partial charge < -0.3 is 5.32 Å². The molecule has 170 valence electrons. The molecule has 0 saturated heterocycles. The average Bonchev–Trinajstić information content (AvgIpc) is 3.42. The summed E-state index contributed by atoms with van der Waals surface area (Å²) >= 11 is 0. The summed E-state index contributed by atoms with van der Waals surface area (Å²) in [6.45, 7) is 3.39. The van der Waals surface area contributed by atoms with Crippen molar-refractivity contribution in [2.24, 2.45) is 5.92 Å². The van der Waals surface area contributed by atoms with E-state index < -0.39 is 12.0 Å². The van der Waals surface area contributed by atoms with Crippen LogP contribution in [0.4, 0.5) is 13.2 Å². The van der Waals surface area contributed by atoms with Crippen molar-refractivity contribution in [3.05, 3.63) is 58.7 Å². The minimum atomic E-state index is -4.64. The molecule has 0 aliphatic heterocycles. The molecule has 0 radical (unpaired) electrons. The van der Waals surface area contributed by atoms with E-state index in [0.717, 1.165) is 22.9 Å². The number of benzene rings is 1. The maximum Gasteiger partial charge on any atom is 0.453 e. The molecular weight excluding hydrogens is 419 g/mol. The molecule has 1 saturated carbocycles. The van der Waals surface area contributed by atoms with E-state index >= 15 is 0 Å². The van der Waals surface area contributed by atoms with Crippen molar-refractivity contribution in [2.75, 3.05) is 0 Å². The van der Waals surface area contributed by atoms with Gasteiger partial charge in [0.05, 0.1) is 6.04 Å². The molecule has 9 heteroatoms. The maximum absolute atomic E-state index is 13.0. The van der Waals surface area contributed by atoms with Crippen LogP contribution in [0.3, 0.4) is 0 Å². The van der Waals surface area contributed by atoms with Gasteiger partial charge in [0.15, 0.2) is 0 Å². The molecule has 1 unspecified atom stereocenters. The van der Waals surface area contributed by atoms with E-state index in [9.17, 15) is 18.0 Å². The Morgan fingerprint density at radius 1 is 1.16 bits per heavy atom. The van der Waals surface area contributed by atoms with E-state index in [1.54, 1.807) is 13.8 Å². The summed E-state index contributed by atoms with van der Waals surface area (Å²) in [4.78, 5) is 20.5. The number of amides is 1. The molecule has 2 aromatic heterocycles. The molecule has 0 bridgehead atoms. The molecule has 1 amide bonds. The van der Waals surface area contributed by atoms with Crippen molar-refractivity contribution in [2.45, 2.75) is 64.6 Å². The van der Waals surface area contributed by atoms with Crippen molar-refractivity contribution in [3.63, 3.8) is 0 Å². The number of nitrogens with zero attached hydrogens (tertiary/aromatic N) is 4. The summed E-state index contributed by atoms with van der Waals surface area (Å²) in [7, 11) is 0. The molecule has 1 aliphatic rings. The van der Waals surface area contributed by atoms with Crippen molar-refractivity contribution in [3.8, 4) is 0 Å². The molecule has 2 heterocycles. The number of fused-ring (bicyclic) bond motifs is 1. The van der Waals surface area contributed by atoms with Crippen molar-refractivity contribution in [1.82, 2.24) is 24.9 Å². The summed E-state index contributed by atoms with van der Waals surface area (Å²) in [5.41, 5.74) is 2.88. The van der Waals surface area contributed by atoms with E-state index in [-0.39, 0.29) is 24.1 Å². The largest absolute Gasteiger partial charge is 0.453 e. The zero-order chi connectivity index (χ0) is 22.9. The molecule has 3 aromatic rings. The Labute approximate surface area is 184 Å². The van der Waals surface area contributed by atoms with E-state index in [0.29, 0.717) is 29.3 Å². The SMILES string of the molecule is Cc1nc2nc(C(F)(F)F)nn2c(C)c1CCC(=O)NC(c1ccccc1)C1CCCC1.